The SMILES string of the molecule is Cc1c(C(=O)OC(C)C)sc2nc(CN(Cc3ccco3)C[C@@H](O)COCC(C)C)[nH]c(=O)c12. The number of carbonyl (C=O) groups excluding carboxylic acids is 1. The highest BCUT2D eigenvalue weighted by Crippen LogP contribution is 2.28. The van der Waals surface area contributed by atoms with Gasteiger partial charge in [0.05, 0.1) is 43.6 Å². The highest BCUT2D eigenvalue weighted by atomic mass is 32.1. The molecule has 2 N–H and O–H groups in total. The molecule has 0 saturated carbocycles. The van der Waals surface area contributed by atoms with Crippen LogP contribution in [0.15, 0.2) is 27.6 Å². The van der Waals surface area contributed by atoms with Crippen LogP contribution in [-0.2, 0) is 22.6 Å². The van der Waals surface area contributed by atoms with Crippen LogP contribution in [0.25, 0.3) is 10.2 Å². The lowest BCUT2D eigenvalue weighted by Crippen LogP contribution is -2.35. The van der Waals surface area contributed by atoms with Crippen molar-refractivity contribution in [2.75, 3.05) is 19.8 Å². The van der Waals surface area contributed by atoms with Crippen LogP contribution in [0.5, 0.6) is 0 Å². The number of ether oxygens (including phenoxy) is 2. The number of esters is 1. The van der Waals surface area contributed by atoms with Gasteiger partial charge in [-0.25, -0.2) is 9.78 Å². The summed E-state index contributed by atoms with van der Waals surface area (Å²) in [5.74, 6) is 1.08. The monoisotopic (exact) mass is 491 g/mol. The van der Waals surface area contributed by atoms with E-state index in [1.54, 1.807) is 33.1 Å². The van der Waals surface area contributed by atoms with E-state index in [0.29, 0.717) is 52.1 Å². The van der Waals surface area contributed by atoms with Crippen LogP contribution in [0.3, 0.4) is 0 Å². The molecule has 0 aliphatic carbocycles. The molecule has 0 amide bonds. The smallest absolute Gasteiger partial charge is 0.348 e. The van der Waals surface area contributed by atoms with E-state index in [1.165, 1.54) is 0 Å². The van der Waals surface area contributed by atoms with E-state index in [9.17, 15) is 14.7 Å². The Morgan fingerprint density at radius 3 is 2.68 bits per heavy atom. The maximum atomic E-state index is 12.9. The molecule has 10 heteroatoms. The van der Waals surface area contributed by atoms with Crippen LogP contribution in [0.2, 0.25) is 0 Å². The molecule has 0 unspecified atom stereocenters. The summed E-state index contributed by atoms with van der Waals surface area (Å²) in [4.78, 5) is 35.5. The van der Waals surface area contributed by atoms with E-state index in [0.717, 1.165) is 17.1 Å². The molecule has 3 aromatic rings. The normalized spacial score (nSPS) is 12.9. The van der Waals surface area contributed by atoms with Gasteiger partial charge < -0.3 is 24.0 Å². The number of carbonyl (C=O) groups is 1. The fraction of sp³-hybridized carbons (Fsp3) is 0.542. The van der Waals surface area contributed by atoms with Gasteiger partial charge in [0.1, 0.15) is 21.3 Å². The third kappa shape index (κ3) is 6.99. The van der Waals surface area contributed by atoms with Gasteiger partial charge in [-0.3, -0.25) is 9.69 Å². The second-order valence-electron chi connectivity index (χ2n) is 9.04. The number of nitrogens with zero attached hydrogens (tertiary/aromatic N) is 2. The van der Waals surface area contributed by atoms with Gasteiger partial charge in [-0.15, -0.1) is 11.3 Å². The molecule has 186 valence electrons. The van der Waals surface area contributed by atoms with Crippen molar-refractivity contribution in [1.82, 2.24) is 14.9 Å². The maximum Gasteiger partial charge on any atom is 0.348 e. The summed E-state index contributed by atoms with van der Waals surface area (Å²) in [6.45, 7) is 11.2. The summed E-state index contributed by atoms with van der Waals surface area (Å²) < 4.78 is 16.3. The van der Waals surface area contributed by atoms with Crippen molar-refractivity contribution >= 4 is 27.5 Å². The summed E-state index contributed by atoms with van der Waals surface area (Å²) in [7, 11) is 0. The number of hydrogen-bond acceptors (Lipinski definition) is 9. The number of aromatic nitrogens is 2. The van der Waals surface area contributed by atoms with E-state index >= 15 is 0 Å². The molecule has 0 saturated heterocycles. The Bertz CT molecular complexity index is 1140. The third-order valence-corrected chi connectivity index (χ3v) is 6.11. The van der Waals surface area contributed by atoms with E-state index in [2.05, 4.69) is 9.97 Å². The molecule has 0 radical (unpaired) electrons. The van der Waals surface area contributed by atoms with Crippen molar-refractivity contribution in [2.45, 2.75) is 59.9 Å². The van der Waals surface area contributed by atoms with Crippen molar-refractivity contribution in [3.8, 4) is 0 Å². The average molecular weight is 492 g/mol. The molecular formula is C24H33N3O6S. The fourth-order valence-electron chi connectivity index (χ4n) is 3.54. The quantitative estimate of drug-likeness (QED) is 0.370. The standard InChI is InChI=1S/C24H33N3O6S/c1-14(2)12-31-13-17(28)9-27(10-18-7-6-8-32-18)11-19-25-22(29)20-16(5)21(34-23(20)26-19)24(30)33-15(3)4/h6-8,14-15,17,28H,9-13H2,1-5H3,(H,25,26,29)/t17-/m1/s1. The van der Waals surface area contributed by atoms with Gasteiger partial charge in [-0.1, -0.05) is 13.8 Å². The number of aliphatic hydroxyl groups is 1. The molecule has 9 nitrogen and oxygen atoms in total. The van der Waals surface area contributed by atoms with E-state index in [1.807, 2.05) is 24.8 Å². The lowest BCUT2D eigenvalue weighted by Gasteiger charge is -2.24. The predicted octanol–water partition coefficient (Wildman–Crippen LogP) is 3.49. The van der Waals surface area contributed by atoms with Crippen LogP contribution < -0.4 is 5.56 Å². The summed E-state index contributed by atoms with van der Waals surface area (Å²) in [6, 6.07) is 3.65. The van der Waals surface area contributed by atoms with Gasteiger partial charge in [0.15, 0.2) is 0 Å². The Labute approximate surface area is 202 Å². The first-order valence-electron chi connectivity index (χ1n) is 11.4. The van der Waals surface area contributed by atoms with Crippen molar-refractivity contribution in [3.63, 3.8) is 0 Å². The maximum absolute atomic E-state index is 12.9. The Hall–Kier alpha value is -2.53. The number of fused-ring (bicyclic) bond motifs is 1. The summed E-state index contributed by atoms with van der Waals surface area (Å²) in [5.41, 5.74) is 0.257. The zero-order valence-electron chi connectivity index (χ0n) is 20.3. The number of aliphatic hydroxyl groups excluding tert-OH is 1. The van der Waals surface area contributed by atoms with Crippen molar-refractivity contribution in [1.29, 1.82) is 0 Å². The number of furan rings is 1. The molecule has 0 aromatic carbocycles. The predicted molar refractivity (Wildman–Crippen MR) is 130 cm³/mol. The Morgan fingerprint density at radius 1 is 1.26 bits per heavy atom. The third-order valence-electron chi connectivity index (χ3n) is 4.94. The van der Waals surface area contributed by atoms with Gasteiger partial charge in [-0.05, 0) is 44.4 Å². The van der Waals surface area contributed by atoms with E-state index in [4.69, 9.17) is 13.9 Å². The Morgan fingerprint density at radius 2 is 2.03 bits per heavy atom. The number of H-pyrrole nitrogens is 1. The summed E-state index contributed by atoms with van der Waals surface area (Å²) in [6.07, 6.45) is 0.615. The van der Waals surface area contributed by atoms with Gasteiger partial charge in [0, 0.05) is 13.2 Å². The zero-order chi connectivity index (χ0) is 24.8. The molecule has 3 heterocycles. The molecule has 3 rings (SSSR count). The van der Waals surface area contributed by atoms with Crippen molar-refractivity contribution in [2.24, 2.45) is 5.92 Å². The zero-order valence-corrected chi connectivity index (χ0v) is 21.1. The van der Waals surface area contributed by atoms with Crippen LogP contribution >= 0.6 is 11.3 Å². The summed E-state index contributed by atoms with van der Waals surface area (Å²) in [5, 5.41) is 10.9. The van der Waals surface area contributed by atoms with Crippen molar-refractivity contribution < 1.29 is 23.8 Å². The summed E-state index contributed by atoms with van der Waals surface area (Å²) >= 11 is 1.15. The molecular weight excluding hydrogens is 458 g/mol. The van der Waals surface area contributed by atoms with Crippen molar-refractivity contribution in [3.05, 3.63) is 50.8 Å². The number of rotatable bonds is 12. The molecule has 0 aliphatic heterocycles. The fourth-order valence-corrected chi connectivity index (χ4v) is 4.62. The van der Waals surface area contributed by atoms with Gasteiger partial charge in [0.2, 0.25) is 0 Å². The van der Waals surface area contributed by atoms with Crippen LogP contribution in [-0.4, -0.2) is 57.9 Å². The lowest BCUT2D eigenvalue weighted by atomic mass is 10.2. The molecule has 34 heavy (non-hydrogen) atoms. The van der Waals surface area contributed by atoms with Crippen LogP contribution in [0, 0.1) is 12.8 Å². The molecule has 0 spiro atoms. The van der Waals surface area contributed by atoms with E-state index < -0.39 is 12.1 Å². The van der Waals surface area contributed by atoms with Crippen LogP contribution in [0.4, 0.5) is 0 Å². The van der Waals surface area contributed by atoms with Crippen LogP contribution in [0.1, 0.15) is 54.5 Å². The minimum Gasteiger partial charge on any atom is -0.468 e. The number of aromatic amines is 1. The minimum atomic E-state index is -0.717. The first-order chi connectivity index (χ1) is 16.1. The Kier molecular flexibility index (Phi) is 9.01. The molecule has 1 atom stereocenters. The first kappa shape index (κ1) is 26.1. The second-order valence-corrected chi connectivity index (χ2v) is 10.0. The molecule has 0 aliphatic rings. The highest BCUT2D eigenvalue weighted by molar-refractivity contribution is 7.20. The lowest BCUT2D eigenvalue weighted by molar-refractivity contribution is 0.00421. The molecule has 0 fully saturated rings. The molecule has 3 aromatic heterocycles. The minimum absolute atomic E-state index is 0.210. The second kappa shape index (κ2) is 11.7. The van der Waals surface area contributed by atoms with E-state index in [-0.39, 0.29) is 24.8 Å². The van der Waals surface area contributed by atoms with Gasteiger partial charge >= 0.3 is 5.97 Å². The first-order valence-corrected chi connectivity index (χ1v) is 12.2. The van der Waals surface area contributed by atoms with Gasteiger partial charge in [0.25, 0.3) is 5.56 Å². The number of thiophene rings is 1. The number of nitrogens with one attached hydrogen (secondary N) is 1. The number of hydrogen-bond donors (Lipinski definition) is 2. The Balaban J connectivity index is 1.81. The van der Waals surface area contributed by atoms with Gasteiger partial charge in [-0.2, -0.15) is 0 Å². The average Bonchev–Trinajstić information content (AvgIpc) is 3.35. The number of aryl methyl sites for hydroxylation is 1. The highest BCUT2D eigenvalue weighted by Gasteiger charge is 2.22. The topological polar surface area (TPSA) is 118 Å². The molecule has 0 bridgehead atoms. The largest absolute Gasteiger partial charge is 0.468 e.